The molecular formula is C15H15ClN2O3. The van der Waals surface area contributed by atoms with E-state index < -0.39 is 0 Å². The summed E-state index contributed by atoms with van der Waals surface area (Å²) in [6.45, 7) is 0. The number of H-pyrrole nitrogens is 1. The summed E-state index contributed by atoms with van der Waals surface area (Å²) in [7, 11) is 3.22. The van der Waals surface area contributed by atoms with Crippen LogP contribution in [0.2, 0.25) is 0 Å². The number of aromatic amines is 1. The summed E-state index contributed by atoms with van der Waals surface area (Å²) in [4.78, 5) is 7.17. The van der Waals surface area contributed by atoms with Gasteiger partial charge >= 0.3 is 0 Å². The smallest absolute Gasteiger partial charge is 0.173 e. The molecule has 0 bridgehead atoms. The van der Waals surface area contributed by atoms with Crippen molar-refractivity contribution >= 4 is 12.4 Å². The van der Waals surface area contributed by atoms with Gasteiger partial charge in [-0.1, -0.05) is 0 Å². The van der Waals surface area contributed by atoms with E-state index in [4.69, 9.17) is 13.9 Å². The molecule has 0 aliphatic carbocycles. The minimum Gasteiger partial charge on any atom is -0.493 e. The lowest BCUT2D eigenvalue weighted by Crippen LogP contribution is -1.90. The van der Waals surface area contributed by atoms with Gasteiger partial charge in [0.2, 0.25) is 0 Å². The summed E-state index contributed by atoms with van der Waals surface area (Å²) in [5.74, 6) is 3.50. The van der Waals surface area contributed by atoms with Gasteiger partial charge in [0.15, 0.2) is 23.1 Å². The number of ether oxygens (including phenoxy) is 2. The fourth-order valence-corrected chi connectivity index (χ4v) is 2.01. The Labute approximate surface area is 128 Å². The first-order chi connectivity index (χ1) is 9.81. The number of furan rings is 1. The SMILES string of the molecule is COc1ccc(-c2ccc(-c3ncc[nH]3)o2)cc1OC.Cl. The average Bonchev–Trinajstić information content (AvgIpc) is 3.16. The molecule has 0 saturated carbocycles. The Morgan fingerprint density at radius 2 is 1.76 bits per heavy atom. The van der Waals surface area contributed by atoms with Crippen LogP contribution < -0.4 is 9.47 Å². The highest BCUT2D eigenvalue weighted by molar-refractivity contribution is 5.85. The number of benzene rings is 1. The van der Waals surface area contributed by atoms with Crippen molar-refractivity contribution in [3.05, 3.63) is 42.7 Å². The van der Waals surface area contributed by atoms with Crippen LogP contribution in [0.25, 0.3) is 22.9 Å². The minimum atomic E-state index is 0. The van der Waals surface area contributed by atoms with Crippen LogP contribution in [0.1, 0.15) is 0 Å². The number of rotatable bonds is 4. The largest absolute Gasteiger partial charge is 0.493 e. The molecule has 0 aliphatic heterocycles. The Bertz CT molecular complexity index is 708. The van der Waals surface area contributed by atoms with Crippen LogP contribution >= 0.6 is 12.4 Å². The summed E-state index contributed by atoms with van der Waals surface area (Å²) >= 11 is 0. The third-order valence-corrected chi connectivity index (χ3v) is 3.01. The van der Waals surface area contributed by atoms with Crippen molar-refractivity contribution < 1.29 is 13.9 Å². The summed E-state index contributed by atoms with van der Waals surface area (Å²) in [5, 5.41) is 0. The highest BCUT2D eigenvalue weighted by Gasteiger charge is 2.11. The van der Waals surface area contributed by atoms with E-state index in [0.717, 1.165) is 11.3 Å². The molecule has 0 saturated heterocycles. The second-order valence-electron chi connectivity index (χ2n) is 4.17. The van der Waals surface area contributed by atoms with Gasteiger partial charge in [-0.3, -0.25) is 0 Å². The fraction of sp³-hybridized carbons (Fsp3) is 0.133. The number of imidazole rings is 1. The van der Waals surface area contributed by atoms with Crippen LogP contribution in [0.4, 0.5) is 0 Å². The molecule has 0 unspecified atom stereocenters. The molecule has 21 heavy (non-hydrogen) atoms. The van der Waals surface area contributed by atoms with Crippen LogP contribution in [0, 0.1) is 0 Å². The van der Waals surface area contributed by atoms with E-state index in [1.165, 1.54) is 0 Å². The minimum absolute atomic E-state index is 0. The number of methoxy groups -OCH3 is 2. The van der Waals surface area contributed by atoms with Crippen LogP contribution in [0.3, 0.4) is 0 Å². The predicted octanol–water partition coefficient (Wildman–Crippen LogP) is 3.78. The van der Waals surface area contributed by atoms with Gasteiger partial charge in [0.25, 0.3) is 0 Å². The molecule has 0 atom stereocenters. The van der Waals surface area contributed by atoms with Crippen molar-refractivity contribution in [3.63, 3.8) is 0 Å². The van der Waals surface area contributed by atoms with Gasteiger partial charge in [-0.05, 0) is 30.3 Å². The van der Waals surface area contributed by atoms with Crippen molar-refractivity contribution in [3.8, 4) is 34.4 Å². The molecule has 3 aromatic rings. The molecule has 1 N–H and O–H groups in total. The highest BCUT2D eigenvalue weighted by atomic mass is 35.5. The lowest BCUT2D eigenvalue weighted by molar-refractivity contribution is 0.355. The van der Waals surface area contributed by atoms with Gasteiger partial charge in [0, 0.05) is 18.0 Å². The maximum atomic E-state index is 5.80. The molecule has 0 spiro atoms. The van der Waals surface area contributed by atoms with Crippen molar-refractivity contribution in [2.75, 3.05) is 14.2 Å². The zero-order valence-electron chi connectivity index (χ0n) is 11.6. The van der Waals surface area contributed by atoms with Gasteiger partial charge in [0.05, 0.1) is 14.2 Å². The Morgan fingerprint density at radius 3 is 2.43 bits per heavy atom. The normalized spacial score (nSPS) is 10.0. The third-order valence-electron chi connectivity index (χ3n) is 3.01. The fourth-order valence-electron chi connectivity index (χ4n) is 2.01. The van der Waals surface area contributed by atoms with Crippen LogP contribution in [0.15, 0.2) is 47.1 Å². The van der Waals surface area contributed by atoms with Gasteiger partial charge in [-0.2, -0.15) is 0 Å². The summed E-state index contributed by atoms with van der Waals surface area (Å²) < 4.78 is 16.3. The molecule has 0 radical (unpaired) electrons. The van der Waals surface area contributed by atoms with E-state index in [2.05, 4.69) is 9.97 Å². The standard InChI is InChI=1S/C15H14N2O3.ClH/c1-18-12-4-3-10(9-14(12)19-2)11-5-6-13(20-11)15-16-7-8-17-15;/h3-9H,1-2H3,(H,16,17);1H. The zero-order chi connectivity index (χ0) is 13.9. The molecule has 6 heteroatoms. The molecule has 2 heterocycles. The summed E-state index contributed by atoms with van der Waals surface area (Å²) in [5.41, 5.74) is 0.917. The van der Waals surface area contributed by atoms with Crippen LogP contribution in [0.5, 0.6) is 11.5 Å². The van der Waals surface area contributed by atoms with E-state index in [0.29, 0.717) is 23.1 Å². The van der Waals surface area contributed by atoms with Crippen molar-refractivity contribution in [1.82, 2.24) is 9.97 Å². The van der Waals surface area contributed by atoms with Gasteiger partial charge in [-0.25, -0.2) is 4.98 Å². The predicted molar refractivity (Wildman–Crippen MR) is 82.1 cm³/mol. The van der Waals surface area contributed by atoms with Gasteiger partial charge in [0.1, 0.15) is 5.76 Å². The molecule has 0 aliphatic rings. The van der Waals surface area contributed by atoms with E-state index in [-0.39, 0.29) is 12.4 Å². The molecular weight excluding hydrogens is 292 g/mol. The monoisotopic (exact) mass is 306 g/mol. The quantitative estimate of drug-likeness (QED) is 0.797. The Kier molecular flexibility index (Phi) is 4.55. The van der Waals surface area contributed by atoms with Crippen molar-refractivity contribution in [2.45, 2.75) is 0 Å². The molecule has 5 nitrogen and oxygen atoms in total. The lowest BCUT2D eigenvalue weighted by atomic mass is 10.1. The topological polar surface area (TPSA) is 60.3 Å². The molecule has 1 aromatic carbocycles. The summed E-state index contributed by atoms with van der Waals surface area (Å²) in [6, 6.07) is 9.43. The number of nitrogens with one attached hydrogen (secondary N) is 1. The molecule has 0 fully saturated rings. The van der Waals surface area contributed by atoms with E-state index in [9.17, 15) is 0 Å². The lowest BCUT2D eigenvalue weighted by Gasteiger charge is -2.08. The zero-order valence-corrected chi connectivity index (χ0v) is 12.4. The van der Waals surface area contributed by atoms with E-state index in [1.807, 2.05) is 30.3 Å². The third kappa shape index (κ3) is 2.87. The number of aromatic nitrogens is 2. The maximum absolute atomic E-state index is 5.80. The number of hydrogen-bond donors (Lipinski definition) is 1. The first kappa shape index (κ1) is 15.0. The van der Waals surface area contributed by atoms with Crippen molar-refractivity contribution in [1.29, 1.82) is 0 Å². The second kappa shape index (κ2) is 6.37. The Balaban J connectivity index is 0.00000161. The molecule has 0 amide bonds. The highest BCUT2D eigenvalue weighted by Crippen LogP contribution is 2.34. The van der Waals surface area contributed by atoms with Gasteiger partial charge < -0.3 is 18.9 Å². The van der Waals surface area contributed by atoms with Crippen LogP contribution in [-0.2, 0) is 0 Å². The molecule has 2 aromatic heterocycles. The van der Waals surface area contributed by atoms with E-state index in [1.54, 1.807) is 26.6 Å². The first-order valence-corrected chi connectivity index (χ1v) is 6.14. The van der Waals surface area contributed by atoms with Crippen LogP contribution in [-0.4, -0.2) is 24.2 Å². The maximum Gasteiger partial charge on any atom is 0.173 e. The average molecular weight is 307 g/mol. The van der Waals surface area contributed by atoms with E-state index >= 15 is 0 Å². The first-order valence-electron chi connectivity index (χ1n) is 6.14. The number of hydrogen-bond acceptors (Lipinski definition) is 4. The molecule has 110 valence electrons. The van der Waals surface area contributed by atoms with Crippen molar-refractivity contribution in [2.24, 2.45) is 0 Å². The second-order valence-corrected chi connectivity index (χ2v) is 4.17. The molecule has 3 rings (SSSR count). The number of nitrogens with zero attached hydrogens (tertiary/aromatic N) is 1. The number of halogens is 1. The Hall–Kier alpha value is -2.40. The Morgan fingerprint density at radius 1 is 1.00 bits per heavy atom. The van der Waals surface area contributed by atoms with Gasteiger partial charge in [-0.15, -0.1) is 12.4 Å². The summed E-state index contributed by atoms with van der Waals surface area (Å²) in [6.07, 6.45) is 3.45.